The van der Waals surface area contributed by atoms with Gasteiger partial charge in [-0.05, 0) is 12.1 Å². The summed E-state index contributed by atoms with van der Waals surface area (Å²) in [4.78, 5) is 34.6. The molecule has 17 heavy (non-hydrogen) atoms. The van der Waals surface area contributed by atoms with E-state index < -0.39 is 17.8 Å². The van der Waals surface area contributed by atoms with Crippen LogP contribution in [0.2, 0.25) is 0 Å². The summed E-state index contributed by atoms with van der Waals surface area (Å²) in [5.41, 5.74) is 0.650. The second-order valence-electron chi connectivity index (χ2n) is 3.43. The molecule has 0 saturated carbocycles. The van der Waals surface area contributed by atoms with E-state index in [9.17, 15) is 19.5 Å². The van der Waals surface area contributed by atoms with Gasteiger partial charge in [0.15, 0.2) is 0 Å². The molecule has 6 heteroatoms. The van der Waals surface area contributed by atoms with Gasteiger partial charge in [0.25, 0.3) is 11.8 Å². The van der Waals surface area contributed by atoms with E-state index in [1.54, 1.807) is 24.3 Å². The molecule has 5 nitrogen and oxygen atoms in total. The van der Waals surface area contributed by atoms with Gasteiger partial charge >= 0.3 is 29.6 Å². The SMILES string of the molecule is O=C([O-])CCN1C(=O)c2ccccc2C1=O.[Na+]. The van der Waals surface area contributed by atoms with Gasteiger partial charge in [0.2, 0.25) is 0 Å². The summed E-state index contributed by atoms with van der Waals surface area (Å²) in [6.07, 6.45) is -0.342. The van der Waals surface area contributed by atoms with E-state index in [0.29, 0.717) is 11.1 Å². The molecule has 2 rings (SSSR count). The first-order valence-electron chi connectivity index (χ1n) is 4.76. The number of carboxylic acid groups (broad SMARTS) is 1. The number of carboxylic acids is 1. The Morgan fingerprint density at radius 2 is 1.59 bits per heavy atom. The molecule has 0 saturated heterocycles. The molecule has 1 aromatic carbocycles. The summed E-state index contributed by atoms with van der Waals surface area (Å²) >= 11 is 0. The second-order valence-corrected chi connectivity index (χ2v) is 3.43. The molecule has 1 aliphatic rings. The van der Waals surface area contributed by atoms with Crippen molar-refractivity contribution in [1.29, 1.82) is 0 Å². The van der Waals surface area contributed by atoms with Gasteiger partial charge in [-0.15, -0.1) is 0 Å². The van der Waals surface area contributed by atoms with Crippen LogP contribution in [0.5, 0.6) is 0 Å². The quantitative estimate of drug-likeness (QED) is 0.405. The summed E-state index contributed by atoms with van der Waals surface area (Å²) < 4.78 is 0. The fourth-order valence-corrected chi connectivity index (χ4v) is 1.65. The zero-order valence-corrected chi connectivity index (χ0v) is 11.3. The van der Waals surface area contributed by atoms with Crippen molar-refractivity contribution in [2.24, 2.45) is 0 Å². The van der Waals surface area contributed by atoms with Gasteiger partial charge in [-0.3, -0.25) is 14.5 Å². The number of amides is 2. The number of benzene rings is 1. The number of aliphatic carboxylic acids is 1. The molecule has 0 fully saturated rings. The van der Waals surface area contributed by atoms with Gasteiger partial charge in [0, 0.05) is 18.9 Å². The summed E-state index contributed by atoms with van der Waals surface area (Å²) in [5, 5.41) is 10.3. The molecule has 0 unspecified atom stereocenters. The Bertz CT molecular complexity index is 451. The van der Waals surface area contributed by atoms with Crippen molar-refractivity contribution in [1.82, 2.24) is 4.90 Å². The normalized spacial score (nSPS) is 13.3. The smallest absolute Gasteiger partial charge is 0.550 e. The number of fused-ring (bicyclic) bond motifs is 1. The van der Waals surface area contributed by atoms with Crippen LogP contribution < -0.4 is 34.7 Å². The molecule has 0 bridgehead atoms. The van der Waals surface area contributed by atoms with E-state index in [2.05, 4.69) is 0 Å². The van der Waals surface area contributed by atoms with Crippen LogP contribution in [0.15, 0.2) is 24.3 Å². The molecule has 0 aliphatic carbocycles. The number of carbonyl (C=O) groups is 3. The van der Waals surface area contributed by atoms with Crippen LogP contribution in [0.1, 0.15) is 27.1 Å². The Labute approximate surface area is 120 Å². The van der Waals surface area contributed by atoms with E-state index in [1.807, 2.05) is 0 Å². The molecule has 1 aromatic rings. The third-order valence-electron chi connectivity index (χ3n) is 2.42. The van der Waals surface area contributed by atoms with Gasteiger partial charge in [-0.2, -0.15) is 0 Å². The molecular formula is C11H8NNaO4. The predicted octanol–water partition coefficient (Wildman–Crippen LogP) is -3.57. The Morgan fingerprint density at radius 3 is 2.00 bits per heavy atom. The molecule has 2 amide bonds. The maximum atomic E-state index is 11.7. The fraction of sp³-hybridized carbons (Fsp3) is 0.182. The van der Waals surface area contributed by atoms with Crippen LogP contribution in [0.3, 0.4) is 0 Å². The van der Waals surface area contributed by atoms with E-state index >= 15 is 0 Å². The Hall–Kier alpha value is -1.17. The van der Waals surface area contributed by atoms with Crippen LogP contribution in [0.4, 0.5) is 0 Å². The topological polar surface area (TPSA) is 77.5 Å². The first-order chi connectivity index (χ1) is 7.61. The first-order valence-corrected chi connectivity index (χ1v) is 4.76. The van der Waals surface area contributed by atoms with Crippen LogP contribution >= 0.6 is 0 Å². The number of nitrogens with zero attached hydrogens (tertiary/aromatic N) is 1. The number of carbonyl (C=O) groups excluding carboxylic acids is 3. The van der Waals surface area contributed by atoms with E-state index in [-0.39, 0.29) is 42.5 Å². The van der Waals surface area contributed by atoms with Crippen molar-refractivity contribution in [3.63, 3.8) is 0 Å². The molecule has 1 heterocycles. The van der Waals surface area contributed by atoms with Crippen molar-refractivity contribution in [2.75, 3.05) is 6.54 Å². The van der Waals surface area contributed by atoms with Crippen molar-refractivity contribution in [3.05, 3.63) is 35.4 Å². The largest absolute Gasteiger partial charge is 1.00 e. The fourth-order valence-electron chi connectivity index (χ4n) is 1.65. The molecule has 0 spiro atoms. The van der Waals surface area contributed by atoms with E-state index in [1.165, 1.54) is 0 Å². The molecule has 1 aliphatic heterocycles. The average molecular weight is 241 g/mol. The number of hydrogen-bond donors (Lipinski definition) is 0. The van der Waals surface area contributed by atoms with E-state index in [4.69, 9.17) is 0 Å². The predicted molar refractivity (Wildman–Crippen MR) is 51.4 cm³/mol. The minimum absolute atomic E-state index is 0. The van der Waals surface area contributed by atoms with Crippen molar-refractivity contribution < 1.29 is 49.0 Å². The number of rotatable bonds is 3. The molecular weight excluding hydrogens is 233 g/mol. The zero-order valence-electron chi connectivity index (χ0n) is 9.30. The maximum absolute atomic E-state index is 11.7. The standard InChI is InChI=1S/C11H9NO4.Na/c13-9(14)5-6-12-10(15)7-3-1-2-4-8(7)11(12)16;/h1-4H,5-6H2,(H,13,14);/q;+1/p-1. The summed E-state index contributed by atoms with van der Waals surface area (Å²) in [6, 6.07) is 6.42. The van der Waals surface area contributed by atoms with E-state index in [0.717, 1.165) is 4.90 Å². The van der Waals surface area contributed by atoms with Crippen LogP contribution in [-0.2, 0) is 4.79 Å². The molecule has 0 atom stereocenters. The summed E-state index contributed by atoms with van der Waals surface area (Å²) in [6.45, 7) is -0.144. The second kappa shape index (κ2) is 5.44. The Morgan fingerprint density at radius 1 is 1.12 bits per heavy atom. The molecule has 82 valence electrons. The number of hydrogen-bond acceptors (Lipinski definition) is 4. The minimum Gasteiger partial charge on any atom is -0.550 e. The van der Waals surface area contributed by atoms with Crippen molar-refractivity contribution in [2.45, 2.75) is 6.42 Å². The van der Waals surface area contributed by atoms with Crippen LogP contribution in [-0.4, -0.2) is 29.2 Å². The van der Waals surface area contributed by atoms with Crippen molar-refractivity contribution in [3.8, 4) is 0 Å². The molecule has 0 N–H and O–H groups in total. The van der Waals surface area contributed by atoms with Crippen LogP contribution in [0.25, 0.3) is 0 Å². The third kappa shape index (κ3) is 2.57. The summed E-state index contributed by atoms with van der Waals surface area (Å²) in [7, 11) is 0. The third-order valence-corrected chi connectivity index (χ3v) is 2.42. The van der Waals surface area contributed by atoms with Gasteiger partial charge in [0.05, 0.1) is 11.1 Å². The molecule has 0 aromatic heterocycles. The number of imide groups is 1. The maximum Gasteiger partial charge on any atom is 1.00 e. The van der Waals surface area contributed by atoms with Gasteiger partial charge in [-0.1, -0.05) is 12.1 Å². The van der Waals surface area contributed by atoms with Gasteiger partial charge in [-0.25, -0.2) is 0 Å². The van der Waals surface area contributed by atoms with Crippen LogP contribution in [0, 0.1) is 0 Å². The van der Waals surface area contributed by atoms with Gasteiger partial charge in [0.1, 0.15) is 0 Å². The molecule has 0 radical (unpaired) electrons. The Balaban J connectivity index is 0.00000144. The summed E-state index contributed by atoms with van der Waals surface area (Å²) in [5.74, 6) is -2.17. The zero-order chi connectivity index (χ0) is 11.7. The first kappa shape index (κ1) is 13.9. The van der Waals surface area contributed by atoms with Gasteiger partial charge < -0.3 is 9.90 Å². The minimum atomic E-state index is -1.28. The monoisotopic (exact) mass is 241 g/mol. The average Bonchev–Trinajstić information content (AvgIpc) is 2.50. The van der Waals surface area contributed by atoms with Crippen molar-refractivity contribution >= 4 is 17.8 Å². The Kier molecular flexibility index (Phi) is 4.45.